The van der Waals surface area contributed by atoms with Crippen molar-refractivity contribution in [2.75, 3.05) is 22.9 Å². The van der Waals surface area contributed by atoms with Gasteiger partial charge in [0.1, 0.15) is 0 Å². The first-order valence-corrected chi connectivity index (χ1v) is 26.2. The minimum absolute atomic E-state index is 0.187. The maximum absolute atomic E-state index is 6.97. The van der Waals surface area contributed by atoms with Gasteiger partial charge in [0.2, 0.25) is 11.9 Å². The lowest BCUT2D eigenvalue weighted by atomic mass is 9.78. The van der Waals surface area contributed by atoms with E-state index < -0.39 is 0 Å². The van der Waals surface area contributed by atoms with E-state index in [1.807, 2.05) is 0 Å². The Bertz CT molecular complexity index is 1610. The second-order valence-electron chi connectivity index (χ2n) is 22.1. The number of anilines is 2. The molecule has 2 saturated heterocycles. The number of unbranched alkanes of at least 4 members (excludes halogenated alkanes) is 2. The molecule has 4 aliphatic rings. The van der Waals surface area contributed by atoms with Crippen LogP contribution in [0.2, 0.25) is 0 Å². The third-order valence-electron chi connectivity index (χ3n) is 14.1. The molecule has 4 fully saturated rings. The number of piperidine rings is 2. The van der Waals surface area contributed by atoms with Crippen molar-refractivity contribution in [2.45, 2.75) is 251 Å². The van der Waals surface area contributed by atoms with E-state index >= 15 is 0 Å². The normalized spacial score (nSPS) is 22.9. The molecule has 1 aromatic carbocycles. The lowest BCUT2D eigenvalue weighted by Crippen LogP contribution is -2.65. The third-order valence-corrected chi connectivity index (χ3v) is 15.3. The summed E-state index contributed by atoms with van der Waals surface area (Å²) in [4.78, 5) is 35.1. The average molecular weight is 990 g/mol. The fourth-order valence-corrected chi connectivity index (χ4v) is 12.7. The molecule has 2 aliphatic carbocycles. The van der Waals surface area contributed by atoms with Crippen LogP contribution in [0, 0.1) is 0 Å². The molecule has 0 unspecified atom stereocenters. The second kappa shape index (κ2) is 20.9. The van der Waals surface area contributed by atoms with E-state index in [4.69, 9.17) is 29.4 Å². The number of nitrogens with zero attached hydrogens (tertiary/aromatic N) is 7. The van der Waals surface area contributed by atoms with Crippen molar-refractivity contribution in [1.82, 2.24) is 25.1 Å². The topological polar surface area (TPSA) is 79.3 Å². The van der Waals surface area contributed by atoms with Gasteiger partial charge in [-0.25, -0.2) is 0 Å². The summed E-state index contributed by atoms with van der Waals surface area (Å²) >= 11 is 7.73. The Hall–Kier alpha value is -1.57. The molecular formula is C50H83Br2N7O3. The van der Waals surface area contributed by atoms with Gasteiger partial charge in [0.05, 0.1) is 21.2 Å². The number of rotatable bonds is 17. The molecule has 6 rings (SSSR count). The van der Waals surface area contributed by atoms with Gasteiger partial charge in [0, 0.05) is 47.3 Å². The molecule has 2 saturated carbocycles. The van der Waals surface area contributed by atoms with Crippen molar-refractivity contribution >= 4 is 43.8 Å². The van der Waals surface area contributed by atoms with Crippen LogP contribution in [0.15, 0.2) is 21.1 Å². The lowest BCUT2D eigenvalue weighted by molar-refractivity contribution is -0.310. The van der Waals surface area contributed by atoms with Gasteiger partial charge in [-0.3, -0.25) is 9.68 Å². The van der Waals surface area contributed by atoms with Crippen molar-refractivity contribution in [1.29, 1.82) is 0 Å². The smallest absolute Gasteiger partial charge is 0.328 e. The SMILES string of the molecule is CCCCN(c1nc(Oc2c(Br)cc(C(C)C)cc2Br)nc(N(CCCC)C2CC(C)(C)N(OC3CCCCC3)C(C)(C)C2)n1)C1CC(C)(C)N(OC2CCCCC2)C(C)(C)C1. The monoisotopic (exact) mass is 987 g/mol. The highest BCUT2D eigenvalue weighted by Gasteiger charge is 2.51. The molecule has 1 aromatic heterocycles. The summed E-state index contributed by atoms with van der Waals surface area (Å²) in [6.45, 7) is 29.6. The molecule has 3 heterocycles. The van der Waals surface area contributed by atoms with Crippen LogP contribution in [0.5, 0.6) is 11.8 Å². The molecule has 2 aromatic rings. The van der Waals surface area contributed by atoms with Gasteiger partial charge < -0.3 is 14.5 Å². The van der Waals surface area contributed by atoms with E-state index in [-0.39, 0.29) is 34.2 Å². The quantitative estimate of drug-likeness (QED) is 0.153. The van der Waals surface area contributed by atoms with E-state index in [1.165, 1.54) is 44.1 Å². The predicted octanol–water partition coefficient (Wildman–Crippen LogP) is 14.1. The zero-order valence-corrected chi connectivity index (χ0v) is 44.0. The van der Waals surface area contributed by atoms with Crippen LogP contribution in [-0.2, 0) is 9.68 Å². The van der Waals surface area contributed by atoms with E-state index in [1.54, 1.807) is 0 Å². The molecule has 350 valence electrons. The van der Waals surface area contributed by atoms with Crippen LogP contribution < -0.4 is 14.5 Å². The van der Waals surface area contributed by atoms with E-state index in [0.717, 1.165) is 99.1 Å². The highest BCUT2D eigenvalue weighted by Crippen LogP contribution is 2.46. The van der Waals surface area contributed by atoms with Crippen LogP contribution in [0.25, 0.3) is 0 Å². The minimum atomic E-state index is -0.199. The van der Waals surface area contributed by atoms with Crippen LogP contribution >= 0.6 is 31.9 Å². The summed E-state index contributed by atoms with van der Waals surface area (Å²) in [5.41, 5.74) is 0.424. The Morgan fingerprint density at radius 1 is 0.613 bits per heavy atom. The predicted molar refractivity (Wildman–Crippen MR) is 262 cm³/mol. The van der Waals surface area contributed by atoms with Gasteiger partial charge in [0.15, 0.2) is 5.75 Å². The van der Waals surface area contributed by atoms with Gasteiger partial charge in [-0.15, -0.1) is 0 Å². The number of hydrogen-bond donors (Lipinski definition) is 0. The van der Waals surface area contributed by atoms with Crippen molar-refractivity contribution in [3.05, 3.63) is 26.6 Å². The largest absolute Gasteiger partial charge is 0.422 e. The Kier molecular flexibility index (Phi) is 16.8. The fourth-order valence-electron chi connectivity index (χ4n) is 11.4. The van der Waals surface area contributed by atoms with Crippen LogP contribution in [0.3, 0.4) is 0 Å². The molecule has 0 atom stereocenters. The number of halogens is 2. The molecule has 10 nitrogen and oxygen atoms in total. The summed E-state index contributed by atoms with van der Waals surface area (Å²) in [5, 5.41) is 4.74. The van der Waals surface area contributed by atoms with E-state index in [2.05, 4.69) is 147 Å². The van der Waals surface area contributed by atoms with Gasteiger partial charge >= 0.3 is 6.01 Å². The number of benzene rings is 1. The fraction of sp³-hybridized carbons (Fsp3) is 0.820. The van der Waals surface area contributed by atoms with Gasteiger partial charge in [0.25, 0.3) is 0 Å². The number of hydrogen-bond acceptors (Lipinski definition) is 10. The second-order valence-corrected chi connectivity index (χ2v) is 23.8. The molecule has 12 heteroatoms. The standard InChI is InChI=1S/C50H83Br2N7O3/c1-13-15-27-56(37-31-47(5,6)58(48(7,8)32-37)61-39-23-19-17-20-24-39)44-53-45(55-46(54-44)60-43-41(51)29-36(35(3)4)30-42(43)52)57(28-16-14-2)38-33-49(9,10)59(50(11,12)34-38)62-40-25-21-18-22-26-40/h29-30,35,37-40H,13-28,31-34H2,1-12H3. The van der Waals surface area contributed by atoms with Crippen molar-refractivity contribution in [3.8, 4) is 11.8 Å². The summed E-state index contributed by atoms with van der Waals surface area (Å²) in [5.74, 6) is 2.43. The Balaban J connectivity index is 1.41. The van der Waals surface area contributed by atoms with Crippen LogP contribution in [-0.4, -0.2) is 84.6 Å². The van der Waals surface area contributed by atoms with Gasteiger partial charge in [-0.2, -0.15) is 25.1 Å². The van der Waals surface area contributed by atoms with E-state index in [0.29, 0.717) is 41.8 Å². The highest BCUT2D eigenvalue weighted by molar-refractivity contribution is 9.11. The van der Waals surface area contributed by atoms with Crippen molar-refractivity contribution < 1.29 is 14.4 Å². The molecule has 0 N–H and O–H groups in total. The Morgan fingerprint density at radius 3 is 1.32 bits per heavy atom. The molecule has 2 aliphatic heterocycles. The molecule has 0 spiro atoms. The Labute approximate surface area is 393 Å². The number of ether oxygens (including phenoxy) is 1. The minimum Gasteiger partial charge on any atom is -0.422 e. The van der Waals surface area contributed by atoms with Gasteiger partial charge in [-0.1, -0.05) is 79.1 Å². The maximum Gasteiger partial charge on any atom is 0.328 e. The molecule has 0 radical (unpaired) electrons. The lowest BCUT2D eigenvalue weighted by Gasteiger charge is -2.57. The van der Waals surface area contributed by atoms with Crippen LogP contribution in [0.1, 0.15) is 210 Å². The van der Waals surface area contributed by atoms with Crippen molar-refractivity contribution in [2.24, 2.45) is 0 Å². The molecule has 0 amide bonds. The molecular weight excluding hydrogens is 906 g/mol. The van der Waals surface area contributed by atoms with E-state index in [9.17, 15) is 0 Å². The van der Waals surface area contributed by atoms with Crippen molar-refractivity contribution in [3.63, 3.8) is 0 Å². The highest BCUT2D eigenvalue weighted by atomic mass is 79.9. The summed E-state index contributed by atoms with van der Waals surface area (Å²) in [6.07, 6.45) is 20.8. The summed E-state index contributed by atoms with van der Waals surface area (Å²) < 4.78 is 8.58. The zero-order valence-electron chi connectivity index (χ0n) is 40.8. The zero-order chi connectivity index (χ0) is 45.0. The Morgan fingerprint density at radius 2 is 0.984 bits per heavy atom. The number of aromatic nitrogens is 3. The van der Waals surface area contributed by atoms with Gasteiger partial charge in [-0.05, 0) is 175 Å². The summed E-state index contributed by atoms with van der Waals surface area (Å²) in [6, 6.07) is 4.99. The molecule has 0 bridgehead atoms. The summed E-state index contributed by atoms with van der Waals surface area (Å²) in [7, 11) is 0. The molecule has 62 heavy (non-hydrogen) atoms. The maximum atomic E-state index is 6.97. The third kappa shape index (κ3) is 12.1. The first-order valence-electron chi connectivity index (χ1n) is 24.6. The number of hydroxylamine groups is 4. The first-order chi connectivity index (χ1) is 29.2. The first kappa shape index (κ1) is 49.9. The average Bonchev–Trinajstić information content (AvgIpc) is 3.19. The van der Waals surface area contributed by atoms with Crippen LogP contribution in [0.4, 0.5) is 11.9 Å².